The lowest BCUT2D eigenvalue weighted by Crippen LogP contribution is -2.50. The highest BCUT2D eigenvalue weighted by Crippen LogP contribution is 2.29. The number of benzene rings is 2. The van der Waals surface area contributed by atoms with Gasteiger partial charge in [0.05, 0.1) is 12.4 Å². The van der Waals surface area contributed by atoms with Gasteiger partial charge < -0.3 is 9.88 Å². The van der Waals surface area contributed by atoms with Crippen LogP contribution in [0.15, 0.2) is 67.0 Å². The number of hydrogen-bond acceptors (Lipinski definition) is 3. The average Bonchev–Trinajstić information content (AvgIpc) is 3.16. The highest BCUT2D eigenvalue weighted by Gasteiger charge is 2.29. The zero-order valence-corrected chi connectivity index (χ0v) is 15.5. The topological polar surface area (TPSA) is 52.2 Å². The standard InChI is InChI=1S/C22H24N4O/c1-17-20(24-16-23-17)22(27)26-14-12-25(13-15-26)21(18-8-4-2-5-9-18)19-10-6-3-7-11-19/h2-11,16,21H,12-15H2,1H3,(H,23,24). The van der Waals surface area contributed by atoms with E-state index in [-0.39, 0.29) is 11.9 Å². The minimum Gasteiger partial charge on any atom is -0.348 e. The Kier molecular flexibility index (Phi) is 5.03. The van der Waals surface area contributed by atoms with Gasteiger partial charge in [-0.15, -0.1) is 0 Å². The summed E-state index contributed by atoms with van der Waals surface area (Å²) < 4.78 is 0. The molecule has 1 aliphatic rings. The van der Waals surface area contributed by atoms with E-state index >= 15 is 0 Å². The monoisotopic (exact) mass is 360 g/mol. The highest BCUT2D eigenvalue weighted by molar-refractivity contribution is 5.93. The molecule has 1 amide bonds. The first-order valence-electron chi connectivity index (χ1n) is 9.37. The van der Waals surface area contributed by atoms with Crippen molar-refractivity contribution in [2.75, 3.05) is 26.2 Å². The van der Waals surface area contributed by atoms with Gasteiger partial charge >= 0.3 is 0 Å². The molecule has 5 heteroatoms. The first kappa shape index (κ1) is 17.5. The maximum Gasteiger partial charge on any atom is 0.274 e. The largest absolute Gasteiger partial charge is 0.348 e. The Morgan fingerprint density at radius 2 is 1.48 bits per heavy atom. The van der Waals surface area contributed by atoms with Crippen molar-refractivity contribution in [3.05, 3.63) is 89.5 Å². The Morgan fingerprint density at radius 1 is 0.926 bits per heavy atom. The van der Waals surface area contributed by atoms with Crippen LogP contribution in [0.2, 0.25) is 0 Å². The van der Waals surface area contributed by atoms with E-state index in [4.69, 9.17) is 0 Å². The van der Waals surface area contributed by atoms with Crippen LogP contribution in [0.1, 0.15) is 33.4 Å². The van der Waals surface area contributed by atoms with Crippen LogP contribution in [0.5, 0.6) is 0 Å². The van der Waals surface area contributed by atoms with Gasteiger partial charge in [0.25, 0.3) is 5.91 Å². The second-order valence-corrected chi connectivity index (χ2v) is 6.93. The molecule has 0 saturated carbocycles. The van der Waals surface area contributed by atoms with Crippen LogP contribution in [0, 0.1) is 6.92 Å². The molecule has 1 saturated heterocycles. The summed E-state index contributed by atoms with van der Waals surface area (Å²) in [6.07, 6.45) is 1.58. The molecule has 0 spiro atoms. The van der Waals surface area contributed by atoms with Crippen LogP contribution in [0.3, 0.4) is 0 Å². The molecule has 3 aromatic rings. The normalized spacial score (nSPS) is 15.3. The zero-order chi connectivity index (χ0) is 18.6. The maximum atomic E-state index is 12.7. The molecular formula is C22H24N4O. The summed E-state index contributed by atoms with van der Waals surface area (Å²) in [7, 11) is 0. The Balaban J connectivity index is 1.52. The number of imidazole rings is 1. The third kappa shape index (κ3) is 3.64. The summed E-state index contributed by atoms with van der Waals surface area (Å²) in [4.78, 5) is 24.3. The number of aromatic amines is 1. The number of aromatic nitrogens is 2. The Hall–Kier alpha value is -2.92. The summed E-state index contributed by atoms with van der Waals surface area (Å²) in [6, 6.07) is 21.4. The SMILES string of the molecule is Cc1[nH]cnc1C(=O)N1CCN(C(c2ccccc2)c2ccccc2)CC1. The molecule has 0 aliphatic carbocycles. The van der Waals surface area contributed by atoms with Crippen LogP contribution in [-0.2, 0) is 0 Å². The molecule has 138 valence electrons. The second kappa shape index (κ2) is 7.76. The molecule has 0 unspecified atom stereocenters. The number of nitrogens with one attached hydrogen (secondary N) is 1. The van der Waals surface area contributed by atoms with E-state index in [1.807, 2.05) is 24.0 Å². The van der Waals surface area contributed by atoms with Crippen LogP contribution < -0.4 is 0 Å². The third-order valence-corrected chi connectivity index (χ3v) is 5.23. The van der Waals surface area contributed by atoms with Crippen LogP contribution >= 0.6 is 0 Å². The number of piperazine rings is 1. The van der Waals surface area contributed by atoms with Gasteiger partial charge in [0.2, 0.25) is 0 Å². The van der Waals surface area contributed by atoms with Gasteiger partial charge in [-0.05, 0) is 18.1 Å². The lowest BCUT2D eigenvalue weighted by atomic mass is 9.96. The highest BCUT2D eigenvalue weighted by atomic mass is 16.2. The fourth-order valence-corrected chi connectivity index (χ4v) is 3.79. The van der Waals surface area contributed by atoms with Gasteiger partial charge in [-0.2, -0.15) is 0 Å². The molecule has 2 aromatic carbocycles. The number of nitrogens with zero attached hydrogens (tertiary/aromatic N) is 3. The van der Waals surface area contributed by atoms with Crippen molar-refractivity contribution in [2.45, 2.75) is 13.0 Å². The van der Waals surface area contributed by atoms with Crippen LogP contribution in [0.25, 0.3) is 0 Å². The van der Waals surface area contributed by atoms with Gasteiger partial charge in [0.1, 0.15) is 5.69 Å². The number of carbonyl (C=O) groups excluding carboxylic acids is 1. The summed E-state index contributed by atoms with van der Waals surface area (Å²) in [5, 5.41) is 0. The molecule has 1 N–H and O–H groups in total. The van der Waals surface area contributed by atoms with Crippen LogP contribution in [0.4, 0.5) is 0 Å². The molecule has 0 atom stereocenters. The Labute approximate surface area is 159 Å². The minimum atomic E-state index is 0.0179. The summed E-state index contributed by atoms with van der Waals surface area (Å²) in [5.41, 5.74) is 3.93. The number of amides is 1. The maximum absolute atomic E-state index is 12.7. The zero-order valence-electron chi connectivity index (χ0n) is 15.5. The Morgan fingerprint density at radius 3 is 1.96 bits per heavy atom. The average molecular weight is 360 g/mol. The predicted molar refractivity (Wildman–Crippen MR) is 106 cm³/mol. The molecule has 0 bridgehead atoms. The van der Waals surface area contributed by atoms with Crippen molar-refractivity contribution in [1.82, 2.24) is 19.8 Å². The minimum absolute atomic E-state index is 0.0179. The first-order valence-corrected chi connectivity index (χ1v) is 9.37. The molecule has 4 rings (SSSR count). The number of hydrogen-bond donors (Lipinski definition) is 1. The van der Waals surface area contributed by atoms with E-state index in [0.29, 0.717) is 18.8 Å². The van der Waals surface area contributed by atoms with Crippen molar-refractivity contribution >= 4 is 5.91 Å². The summed E-state index contributed by atoms with van der Waals surface area (Å²) in [5.74, 6) is 0.0179. The molecule has 1 aromatic heterocycles. The predicted octanol–water partition coefficient (Wildman–Crippen LogP) is 3.27. The van der Waals surface area contributed by atoms with Gasteiger partial charge in [0, 0.05) is 31.9 Å². The quantitative estimate of drug-likeness (QED) is 0.777. The van der Waals surface area contributed by atoms with Crippen molar-refractivity contribution in [1.29, 1.82) is 0 Å². The van der Waals surface area contributed by atoms with Crippen molar-refractivity contribution in [3.8, 4) is 0 Å². The number of rotatable bonds is 4. The molecule has 0 radical (unpaired) electrons. The van der Waals surface area contributed by atoms with Crippen molar-refractivity contribution < 1.29 is 4.79 Å². The van der Waals surface area contributed by atoms with Crippen LogP contribution in [-0.4, -0.2) is 51.9 Å². The summed E-state index contributed by atoms with van der Waals surface area (Å²) in [6.45, 7) is 4.98. The number of H-pyrrole nitrogens is 1. The van der Waals surface area contributed by atoms with E-state index in [1.54, 1.807) is 6.33 Å². The van der Waals surface area contributed by atoms with Gasteiger partial charge in [-0.25, -0.2) is 4.98 Å². The molecule has 27 heavy (non-hydrogen) atoms. The van der Waals surface area contributed by atoms with E-state index in [1.165, 1.54) is 11.1 Å². The smallest absolute Gasteiger partial charge is 0.274 e. The fraction of sp³-hybridized carbons (Fsp3) is 0.273. The molecule has 2 heterocycles. The second-order valence-electron chi connectivity index (χ2n) is 6.93. The van der Waals surface area contributed by atoms with E-state index in [9.17, 15) is 4.79 Å². The number of carbonyl (C=O) groups is 1. The van der Waals surface area contributed by atoms with Crippen molar-refractivity contribution in [3.63, 3.8) is 0 Å². The van der Waals surface area contributed by atoms with Gasteiger partial charge in [-0.3, -0.25) is 9.69 Å². The third-order valence-electron chi connectivity index (χ3n) is 5.23. The Bertz CT molecular complexity index is 843. The fourth-order valence-electron chi connectivity index (χ4n) is 3.79. The van der Waals surface area contributed by atoms with Gasteiger partial charge in [0.15, 0.2) is 0 Å². The first-order chi connectivity index (χ1) is 13.2. The van der Waals surface area contributed by atoms with E-state index in [0.717, 1.165) is 18.8 Å². The number of aryl methyl sites for hydroxylation is 1. The summed E-state index contributed by atoms with van der Waals surface area (Å²) >= 11 is 0. The van der Waals surface area contributed by atoms with Gasteiger partial charge in [-0.1, -0.05) is 60.7 Å². The lowest BCUT2D eigenvalue weighted by molar-refractivity contribution is 0.0591. The molecule has 1 fully saturated rings. The lowest BCUT2D eigenvalue weighted by Gasteiger charge is -2.39. The molecular weight excluding hydrogens is 336 g/mol. The molecule has 5 nitrogen and oxygen atoms in total. The van der Waals surface area contributed by atoms with E-state index < -0.39 is 0 Å². The van der Waals surface area contributed by atoms with E-state index in [2.05, 4.69) is 63.4 Å². The molecule has 1 aliphatic heterocycles. The van der Waals surface area contributed by atoms with Crippen molar-refractivity contribution in [2.24, 2.45) is 0 Å².